The van der Waals surface area contributed by atoms with E-state index in [1.165, 1.54) is 218 Å². The number of rotatable bonds is 53. The Kier molecular flexibility index (Phi) is 48.0. The molecule has 8 nitrogen and oxygen atoms in total. The van der Waals surface area contributed by atoms with E-state index in [2.05, 4.69) is 26.0 Å². The second-order valence-electron chi connectivity index (χ2n) is 20.9. The Bertz CT molecular complexity index is 1090. The molecular weight excluding hydrogens is 823 g/mol. The molecule has 0 aliphatic heterocycles. The summed E-state index contributed by atoms with van der Waals surface area (Å²) in [5, 5.41) is 9.67. The summed E-state index contributed by atoms with van der Waals surface area (Å²) in [4.78, 5) is 37.3. The molecule has 0 saturated heterocycles. The number of hydrogen-bond donors (Lipinski definition) is 1. The fourth-order valence-corrected chi connectivity index (χ4v) is 8.97. The molecule has 66 heavy (non-hydrogen) atoms. The van der Waals surface area contributed by atoms with E-state index in [4.69, 9.17) is 14.2 Å². The summed E-state index contributed by atoms with van der Waals surface area (Å²) in [6.07, 6.45) is 57.0. The van der Waals surface area contributed by atoms with Gasteiger partial charge in [-0.05, 0) is 38.5 Å². The summed E-state index contributed by atoms with van der Waals surface area (Å²) in [7, 11) is 5.55. The average Bonchev–Trinajstić information content (AvgIpc) is 3.28. The number of carboxylic acid groups (broad SMARTS) is 1. The molecule has 0 heterocycles. The van der Waals surface area contributed by atoms with E-state index in [0.717, 1.165) is 38.5 Å². The SMILES string of the molecule is CCCCCCCCCC/C=C\CCCCCCCCCCCC(=O)OC(COCCC(C(=O)O)[N+](C)(C)C)COC(=O)CCCCCCCCCCCCCCCCCCCCCCC. The van der Waals surface area contributed by atoms with Crippen LogP contribution in [-0.4, -0.2) is 80.6 Å². The van der Waals surface area contributed by atoms with Crippen molar-refractivity contribution in [2.45, 2.75) is 302 Å². The van der Waals surface area contributed by atoms with Gasteiger partial charge in [0.05, 0.1) is 34.4 Å². The molecule has 0 aromatic rings. The molecule has 0 saturated carbocycles. The Balaban J connectivity index is 4.13. The number of nitrogens with zero attached hydrogens (tertiary/aromatic N) is 1. The lowest BCUT2D eigenvalue weighted by molar-refractivity contribution is -0.887. The highest BCUT2D eigenvalue weighted by Crippen LogP contribution is 2.17. The number of carbonyl (C=O) groups is 3. The van der Waals surface area contributed by atoms with Crippen molar-refractivity contribution < 1.29 is 38.2 Å². The fourth-order valence-electron chi connectivity index (χ4n) is 8.97. The number of carboxylic acids is 1. The highest BCUT2D eigenvalue weighted by molar-refractivity contribution is 5.72. The van der Waals surface area contributed by atoms with Crippen LogP contribution in [0.4, 0.5) is 0 Å². The van der Waals surface area contributed by atoms with Gasteiger partial charge >= 0.3 is 17.9 Å². The van der Waals surface area contributed by atoms with Crippen LogP contribution in [0.1, 0.15) is 290 Å². The molecule has 2 unspecified atom stereocenters. The number of allylic oxidation sites excluding steroid dienone is 2. The first-order chi connectivity index (χ1) is 32.1. The van der Waals surface area contributed by atoms with Crippen LogP contribution >= 0.6 is 0 Å². The van der Waals surface area contributed by atoms with Crippen LogP contribution in [0.15, 0.2) is 12.2 Å². The maximum absolute atomic E-state index is 12.8. The standard InChI is InChI=1S/C58H111NO7/c1-6-8-10-12-14-16-18-20-22-24-26-28-30-32-34-36-38-40-42-44-46-48-56(60)65-53-54(52-64-51-50-55(58(62)63)59(3,4)5)66-57(61)49-47-45-43-41-39-37-35-33-31-29-27-25-23-21-19-17-15-13-11-9-7-2/h25,27,54-55H,6-24,26,28-53H2,1-5H3/p+1/b27-25-. The minimum atomic E-state index is -0.870. The van der Waals surface area contributed by atoms with Crippen LogP contribution in [0.25, 0.3) is 0 Å². The molecule has 1 N–H and O–H groups in total. The topological polar surface area (TPSA) is 99.1 Å². The Morgan fingerprint density at radius 1 is 0.439 bits per heavy atom. The van der Waals surface area contributed by atoms with Crippen LogP contribution in [0.5, 0.6) is 0 Å². The van der Waals surface area contributed by atoms with E-state index in [-0.39, 0.29) is 36.2 Å². The number of likely N-dealkylation sites (N-methyl/N-ethyl adjacent to an activating group) is 1. The quantitative estimate of drug-likeness (QED) is 0.0281. The Labute approximate surface area is 409 Å². The van der Waals surface area contributed by atoms with E-state index in [0.29, 0.717) is 19.3 Å². The average molecular weight is 936 g/mol. The van der Waals surface area contributed by atoms with Gasteiger partial charge in [-0.2, -0.15) is 0 Å². The Morgan fingerprint density at radius 2 is 0.758 bits per heavy atom. The fraction of sp³-hybridized carbons (Fsp3) is 0.914. The Morgan fingerprint density at radius 3 is 1.09 bits per heavy atom. The second-order valence-corrected chi connectivity index (χ2v) is 20.9. The summed E-state index contributed by atoms with van der Waals surface area (Å²) < 4.78 is 17.4. The summed E-state index contributed by atoms with van der Waals surface area (Å²) >= 11 is 0. The third-order valence-electron chi connectivity index (χ3n) is 13.4. The minimum absolute atomic E-state index is 0.0445. The van der Waals surface area contributed by atoms with Gasteiger partial charge in [0.15, 0.2) is 12.1 Å². The van der Waals surface area contributed by atoms with Crippen molar-refractivity contribution in [1.82, 2.24) is 0 Å². The van der Waals surface area contributed by atoms with Gasteiger partial charge in [0.2, 0.25) is 0 Å². The molecule has 0 radical (unpaired) electrons. The lowest BCUT2D eigenvalue weighted by Crippen LogP contribution is -2.50. The van der Waals surface area contributed by atoms with Crippen molar-refractivity contribution in [2.75, 3.05) is 41.0 Å². The maximum atomic E-state index is 12.8. The Hall–Kier alpha value is -1.93. The molecule has 8 heteroatoms. The molecule has 0 rings (SSSR count). The maximum Gasteiger partial charge on any atom is 0.362 e. The van der Waals surface area contributed by atoms with Gasteiger partial charge < -0.3 is 23.8 Å². The van der Waals surface area contributed by atoms with Crippen LogP contribution in [0.3, 0.4) is 0 Å². The lowest BCUT2D eigenvalue weighted by Gasteiger charge is -2.31. The summed E-state index contributed by atoms with van der Waals surface area (Å²) in [6, 6.07) is -0.612. The first-order valence-corrected chi connectivity index (χ1v) is 28.7. The highest BCUT2D eigenvalue weighted by atomic mass is 16.6. The zero-order valence-corrected chi connectivity index (χ0v) is 44.7. The monoisotopic (exact) mass is 935 g/mol. The van der Waals surface area contributed by atoms with Crippen LogP contribution in [0.2, 0.25) is 0 Å². The number of ether oxygens (including phenoxy) is 3. The van der Waals surface area contributed by atoms with Crippen molar-refractivity contribution in [3.63, 3.8) is 0 Å². The largest absolute Gasteiger partial charge is 0.477 e. The molecule has 0 aliphatic carbocycles. The van der Waals surface area contributed by atoms with Gasteiger partial charge in [0.1, 0.15) is 6.61 Å². The summed E-state index contributed by atoms with van der Waals surface area (Å²) in [5.41, 5.74) is 0. The molecule has 0 aromatic heterocycles. The molecule has 390 valence electrons. The first kappa shape index (κ1) is 64.1. The third-order valence-corrected chi connectivity index (χ3v) is 13.4. The predicted octanol–water partition coefficient (Wildman–Crippen LogP) is 17.0. The molecule has 0 fully saturated rings. The van der Waals surface area contributed by atoms with Crippen molar-refractivity contribution in [3.8, 4) is 0 Å². The smallest absolute Gasteiger partial charge is 0.362 e. The molecule has 2 atom stereocenters. The number of quaternary nitrogens is 1. The van der Waals surface area contributed by atoms with Crippen molar-refractivity contribution in [2.24, 2.45) is 0 Å². The minimum Gasteiger partial charge on any atom is -0.477 e. The van der Waals surface area contributed by atoms with Crippen LogP contribution in [0, 0.1) is 0 Å². The lowest BCUT2D eigenvalue weighted by atomic mass is 10.0. The first-order valence-electron chi connectivity index (χ1n) is 28.7. The van der Waals surface area contributed by atoms with Crippen molar-refractivity contribution in [3.05, 3.63) is 12.2 Å². The highest BCUT2D eigenvalue weighted by Gasteiger charge is 2.31. The summed E-state index contributed by atoms with van der Waals surface area (Å²) in [5.74, 6) is -1.44. The van der Waals surface area contributed by atoms with Gasteiger partial charge in [-0.1, -0.05) is 244 Å². The molecule has 0 amide bonds. The van der Waals surface area contributed by atoms with Crippen molar-refractivity contribution >= 4 is 17.9 Å². The second kappa shape index (κ2) is 49.5. The molecule has 0 spiro atoms. The van der Waals surface area contributed by atoms with Gasteiger partial charge in [-0.15, -0.1) is 0 Å². The number of hydrogen-bond acceptors (Lipinski definition) is 6. The summed E-state index contributed by atoms with van der Waals surface area (Å²) in [6.45, 7) is 4.80. The molecular formula is C58H112NO7+. The number of carbonyl (C=O) groups excluding carboxylic acids is 2. The molecule has 0 bridgehead atoms. The normalized spacial score (nSPS) is 12.8. The predicted molar refractivity (Wildman–Crippen MR) is 280 cm³/mol. The third kappa shape index (κ3) is 47.1. The van der Waals surface area contributed by atoms with Gasteiger partial charge in [-0.3, -0.25) is 9.59 Å². The zero-order chi connectivity index (χ0) is 48.4. The van der Waals surface area contributed by atoms with Gasteiger partial charge in [0.25, 0.3) is 0 Å². The number of aliphatic carboxylic acids is 1. The van der Waals surface area contributed by atoms with Crippen molar-refractivity contribution in [1.29, 1.82) is 0 Å². The van der Waals surface area contributed by atoms with Gasteiger partial charge in [0, 0.05) is 19.3 Å². The van der Waals surface area contributed by atoms with E-state index >= 15 is 0 Å². The van der Waals surface area contributed by atoms with E-state index in [1.54, 1.807) is 0 Å². The van der Waals surface area contributed by atoms with Crippen LogP contribution < -0.4 is 0 Å². The van der Waals surface area contributed by atoms with E-state index < -0.39 is 18.1 Å². The molecule has 0 aliphatic rings. The number of unbranched alkanes of at least 4 members (excludes halogenated alkanes) is 37. The zero-order valence-electron chi connectivity index (χ0n) is 44.7. The van der Waals surface area contributed by atoms with E-state index in [9.17, 15) is 19.5 Å². The van der Waals surface area contributed by atoms with Crippen LogP contribution in [-0.2, 0) is 28.6 Å². The number of esters is 2. The van der Waals surface area contributed by atoms with Gasteiger partial charge in [-0.25, -0.2) is 4.79 Å². The van der Waals surface area contributed by atoms with E-state index in [1.807, 2.05) is 21.1 Å². The molecule has 0 aromatic carbocycles.